The minimum Gasteiger partial charge on any atom is -0.444 e. The van der Waals surface area contributed by atoms with Gasteiger partial charge in [-0.3, -0.25) is 0 Å². The molecule has 0 aliphatic heterocycles. The van der Waals surface area contributed by atoms with Crippen LogP contribution in [0.15, 0.2) is 24.3 Å². The van der Waals surface area contributed by atoms with Crippen LogP contribution in [0.1, 0.15) is 38.9 Å². The fraction of sp³-hybridized carbons (Fsp3) is 0.533. The van der Waals surface area contributed by atoms with Gasteiger partial charge in [0.25, 0.3) is 0 Å². The number of nitrogens with two attached hydrogens (primary N) is 2. The number of aliphatic hydroxyl groups is 1. The summed E-state index contributed by atoms with van der Waals surface area (Å²) >= 11 is 0. The fourth-order valence-electron chi connectivity index (χ4n) is 1.75. The van der Waals surface area contributed by atoms with E-state index in [-0.39, 0.29) is 0 Å². The van der Waals surface area contributed by atoms with E-state index in [0.717, 1.165) is 0 Å². The first-order valence-corrected chi connectivity index (χ1v) is 6.95. The van der Waals surface area contributed by atoms with Crippen LogP contribution < -0.4 is 16.8 Å². The Morgan fingerprint density at radius 2 is 1.90 bits per heavy atom. The Balaban J connectivity index is 2.38. The van der Waals surface area contributed by atoms with Crippen LogP contribution in [0.5, 0.6) is 0 Å². The van der Waals surface area contributed by atoms with Gasteiger partial charge in [0.05, 0.1) is 6.10 Å². The number of nitrogens with one attached hydrogen (secondary N) is 1. The van der Waals surface area contributed by atoms with Gasteiger partial charge in [-0.25, -0.2) is 4.79 Å². The van der Waals surface area contributed by atoms with Crippen molar-refractivity contribution >= 4 is 11.8 Å². The van der Waals surface area contributed by atoms with Crippen molar-refractivity contribution in [1.82, 2.24) is 5.32 Å². The van der Waals surface area contributed by atoms with Crippen LogP contribution in [0.25, 0.3) is 0 Å². The second kappa shape index (κ2) is 7.28. The van der Waals surface area contributed by atoms with Crippen LogP contribution >= 0.6 is 0 Å². The number of hydrogen-bond donors (Lipinski definition) is 4. The number of carbonyl (C=O) groups excluding carboxylic acids is 1. The highest BCUT2D eigenvalue weighted by Crippen LogP contribution is 2.18. The third-order valence-electron chi connectivity index (χ3n) is 2.83. The normalized spacial score (nSPS) is 14.3. The molecule has 0 fully saturated rings. The molecule has 118 valence electrons. The van der Waals surface area contributed by atoms with E-state index in [9.17, 15) is 9.90 Å². The molecule has 2 atom stereocenters. The Hall–Kier alpha value is -1.79. The molecule has 6 N–H and O–H groups in total. The molecule has 0 saturated carbocycles. The number of alkyl carbamates (subject to hydrolysis) is 1. The number of rotatable bonds is 5. The maximum absolute atomic E-state index is 11.5. The van der Waals surface area contributed by atoms with Crippen LogP contribution in [-0.2, 0) is 4.74 Å². The molecule has 0 aliphatic carbocycles. The molecule has 0 aromatic heterocycles. The van der Waals surface area contributed by atoms with E-state index in [0.29, 0.717) is 24.2 Å². The summed E-state index contributed by atoms with van der Waals surface area (Å²) in [6, 6.07) is 6.42. The van der Waals surface area contributed by atoms with Crippen molar-refractivity contribution in [3.63, 3.8) is 0 Å². The molecular weight excluding hydrogens is 270 g/mol. The Morgan fingerprint density at radius 1 is 1.33 bits per heavy atom. The van der Waals surface area contributed by atoms with Crippen molar-refractivity contribution in [3.8, 4) is 0 Å². The topological polar surface area (TPSA) is 111 Å². The van der Waals surface area contributed by atoms with Gasteiger partial charge in [-0.1, -0.05) is 12.1 Å². The summed E-state index contributed by atoms with van der Waals surface area (Å²) in [6.45, 7) is 5.72. The number of carbonyl (C=O) groups is 1. The summed E-state index contributed by atoms with van der Waals surface area (Å²) in [5, 5.41) is 12.7. The highest BCUT2D eigenvalue weighted by atomic mass is 16.6. The molecule has 0 saturated heterocycles. The average Bonchev–Trinajstić information content (AvgIpc) is 2.36. The van der Waals surface area contributed by atoms with Crippen LogP contribution in [0.4, 0.5) is 10.5 Å². The van der Waals surface area contributed by atoms with Gasteiger partial charge in [-0.2, -0.15) is 0 Å². The SMILES string of the molecule is CC(C)(C)OC(=O)NCCC(N)C(O)c1ccc(N)cc1. The highest BCUT2D eigenvalue weighted by Gasteiger charge is 2.18. The lowest BCUT2D eigenvalue weighted by Crippen LogP contribution is -2.37. The minimum absolute atomic E-state index is 0.335. The maximum atomic E-state index is 11.5. The van der Waals surface area contributed by atoms with E-state index in [1.54, 1.807) is 45.0 Å². The standard InChI is InChI=1S/C15H25N3O3/c1-15(2,3)21-14(20)18-9-8-12(17)13(19)10-4-6-11(16)7-5-10/h4-7,12-13,19H,8-9,16-17H2,1-3H3,(H,18,20). The zero-order valence-corrected chi connectivity index (χ0v) is 12.8. The third kappa shape index (κ3) is 6.46. The number of ether oxygens (including phenoxy) is 1. The predicted molar refractivity (Wildman–Crippen MR) is 82.6 cm³/mol. The average molecular weight is 295 g/mol. The van der Waals surface area contributed by atoms with Gasteiger partial charge >= 0.3 is 6.09 Å². The summed E-state index contributed by atoms with van der Waals surface area (Å²) in [5.74, 6) is 0. The smallest absolute Gasteiger partial charge is 0.407 e. The van der Waals surface area contributed by atoms with Crippen molar-refractivity contribution in [2.24, 2.45) is 5.73 Å². The Morgan fingerprint density at radius 3 is 2.43 bits per heavy atom. The maximum Gasteiger partial charge on any atom is 0.407 e. The molecule has 0 bridgehead atoms. The fourth-order valence-corrected chi connectivity index (χ4v) is 1.75. The molecule has 0 radical (unpaired) electrons. The first-order chi connectivity index (χ1) is 9.69. The first-order valence-electron chi connectivity index (χ1n) is 6.95. The summed E-state index contributed by atoms with van der Waals surface area (Å²) in [6.07, 6.45) is -0.854. The molecular formula is C15H25N3O3. The highest BCUT2D eigenvalue weighted by molar-refractivity contribution is 5.67. The van der Waals surface area contributed by atoms with Gasteiger partial charge in [0.15, 0.2) is 0 Å². The third-order valence-corrected chi connectivity index (χ3v) is 2.83. The molecule has 1 aromatic carbocycles. The predicted octanol–water partition coefficient (Wildman–Crippen LogP) is 1.54. The summed E-state index contributed by atoms with van der Waals surface area (Å²) < 4.78 is 5.11. The van der Waals surface area contributed by atoms with Gasteiger partial charge in [0.2, 0.25) is 0 Å². The Kier molecular flexibility index (Phi) is 5.99. The molecule has 0 heterocycles. The number of amides is 1. The quantitative estimate of drug-likeness (QED) is 0.616. The van der Waals surface area contributed by atoms with Crippen LogP contribution in [0, 0.1) is 0 Å². The molecule has 2 unspecified atom stereocenters. The Labute approximate surface area is 125 Å². The lowest BCUT2D eigenvalue weighted by Gasteiger charge is -2.21. The number of nitrogen functional groups attached to an aromatic ring is 1. The van der Waals surface area contributed by atoms with Gasteiger partial charge in [-0.15, -0.1) is 0 Å². The van der Waals surface area contributed by atoms with Gasteiger partial charge in [0.1, 0.15) is 5.60 Å². The number of hydrogen-bond acceptors (Lipinski definition) is 5. The van der Waals surface area contributed by atoms with Crippen LogP contribution in [-0.4, -0.2) is 29.4 Å². The van der Waals surface area contributed by atoms with Gasteiger partial charge in [-0.05, 0) is 44.9 Å². The molecule has 21 heavy (non-hydrogen) atoms. The molecule has 0 spiro atoms. The van der Waals surface area contributed by atoms with Crippen molar-refractivity contribution in [2.75, 3.05) is 12.3 Å². The van der Waals surface area contributed by atoms with Crippen molar-refractivity contribution in [2.45, 2.75) is 44.9 Å². The molecule has 1 amide bonds. The lowest BCUT2D eigenvalue weighted by molar-refractivity contribution is 0.0521. The largest absolute Gasteiger partial charge is 0.444 e. The number of anilines is 1. The second-order valence-corrected chi connectivity index (χ2v) is 5.99. The van der Waals surface area contributed by atoms with E-state index >= 15 is 0 Å². The molecule has 6 heteroatoms. The number of aliphatic hydroxyl groups excluding tert-OH is 1. The summed E-state index contributed by atoms with van der Waals surface area (Å²) in [4.78, 5) is 11.5. The van der Waals surface area contributed by atoms with Crippen molar-refractivity contribution in [1.29, 1.82) is 0 Å². The van der Waals surface area contributed by atoms with Gasteiger partial charge in [0, 0.05) is 18.3 Å². The van der Waals surface area contributed by atoms with Crippen molar-refractivity contribution in [3.05, 3.63) is 29.8 Å². The lowest BCUT2D eigenvalue weighted by atomic mass is 10.0. The van der Waals surface area contributed by atoms with E-state index in [4.69, 9.17) is 16.2 Å². The van der Waals surface area contributed by atoms with E-state index in [2.05, 4.69) is 5.32 Å². The zero-order chi connectivity index (χ0) is 16.0. The minimum atomic E-state index is -0.800. The van der Waals surface area contributed by atoms with E-state index in [1.807, 2.05) is 0 Å². The monoisotopic (exact) mass is 295 g/mol. The number of benzene rings is 1. The zero-order valence-electron chi connectivity index (χ0n) is 12.8. The summed E-state index contributed by atoms with van der Waals surface area (Å²) in [7, 11) is 0. The first kappa shape index (κ1) is 17.3. The van der Waals surface area contributed by atoms with E-state index < -0.39 is 23.8 Å². The van der Waals surface area contributed by atoms with Gasteiger partial charge < -0.3 is 26.6 Å². The Bertz CT molecular complexity index is 454. The van der Waals surface area contributed by atoms with Crippen molar-refractivity contribution < 1.29 is 14.6 Å². The van der Waals surface area contributed by atoms with Crippen LogP contribution in [0.3, 0.4) is 0 Å². The molecule has 0 aliphatic rings. The molecule has 6 nitrogen and oxygen atoms in total. The molecule has 1 aromatic rings. The summed E-state index contributed by atoms with van der Waals surface area (Å²) in [5.41, 5.74) is 12.3. The second-order valence-electron chi connectivity index (χ2n) is 5.99. The molecule has 1 rings (SSSR count). The van der Waals surface area contributed by atoms with Crippen LogP contribution in [0.2, 0.25) is 0 Å². The van der Waals surface area contributed by atoms with E-state index in [1.165, 1.54) is 0 Å².